The molecule has 9 nitrogen and oxygen atoms in total. The quantitative estimate of drug-likeness (QED) is 0.241. The highest BCUT2D eigenvalue weighted by atomic mass is 16.4. The second-order valence-corrected chi connectivity index (χ2v) is 3.96. The second-order valence-electron chi connectivity index (χ2n) is 3.96. The van der Waals surface area contributed by atoms with Gasteiger partial charge in [-0.1, -0.05) is 0 Å². The lowest BCUT2D eigenvalue weighted by Crippen LogP contribution is -2.55. The van der Waals surface area contributed by atoms with Crippen LogP contribution in [0.5, 0.6) is 0 Å². The lowest BCUT2D eigenvalue weighted by Gasteiger charge is -2.30. The molecule has 0 aromatic rings. The third kappa shape index (κ3) is 4.14. The van der Waals surface area contributed by atoms with Gasteiger partial charge in [0.25, 0.3) is 0 Å². The summed E-state index contributed by atoms with van der Waals surface area (Å²) in [7, 11) is 0. The van der Waals surface area contributed by atoms with E-state index in [0.29, 0.717) is 0 Å². The van der Waals surface area contributed by atoms with Gasteiger partial charge in [-0.05, 0) is 6.92 Å². The molecule has 0 saturated heterocycles. The third-order valence-corrected chi connectivity index (χ3v) is 2.46. The zero-order chi connectivity index (χ0) is 14.6. The Morgan fingerprint density at radius 1 is 0.722 bits per heavy atom. The van der Waals surface area contributed by atoms with Crippen molar-refractivity contribution >= 4 is 5.97 Å². The predicted molar refractivity (Wildman–Crippen MR) is 53.4 cm³/mol. The average molecular weight is 269 g/mol. The molecule has 0 aromatic carbocycles. The van der Waals surface area contributed by atoms with Crippen LogP contribution in [0.3, 0.4) is 0 Å². The minimum Gasteiger partial charge on any atom is -0.391 e. The maximum absolute atomic E-state index is 10.2. The van der Waals surface area contributed by atoms with Gasteiger partial charge in [-0.3, -0.25) is 0 Å². The van der Waals surface area contributed by atoms with Gasteiger partial charge in [0, 0.05) is 0 Å². The van der Waals surface area contributed by atoms with Crippen molar-refractivity contribution in [1.29, 1.82) is 0 Å². The molecule has 18 heavy (non-hydrogen) atoms. The van der Waals surface area contributed by atoms with Gasteiger partial charge in [0.1, 0.15) is 30.5 Å². The number of aliphatic hydroxyl groups is 7. The highest BCUT2D eigenvalue weighted by Gasteiger charge is 2.40. The van der Waals surface area contributed by atoms with Crippen molar-refractivity contribution in [2.24, 2.45) is 0 Å². The Balaban J connectivity index is 4.67. The molecule has 0 heterocycles. The van der Waals surface area contributed by atoms with Gasteiger partial charge in [-0.15, -0.1) is 0 Å². The average Bonchev–Trinajstić information content (AvgIpc) is 2.32. The Bertz CT molecular complexity index is 269. The van der Waals surface area contributed by atoms with E-state index in [2.05, 4.69) is 0 Å². The van der Waals surface area contributed by atoms with Gasteiger partial charge in [-0.25, -0.2) is 9.90 Å². The molecule has 0 aliphatic rings. The molecule has 0 aliphatic carbocycles. The number of hydrogen-bond donors (Lipinski definition) is 7. The van der Waals surface area contributed by atoms with Crippen molar-refractivity contribution in [1.82, 2.24) is 0 Å². The summed E-state index contributed by atoms with van der Waals surface area (Å²) >= 11 is 0. The fourth-order valence-corrected chi connectivity index (χ4v) is 1.22. The minimum absolute atomic E-state index is 1.10. The fraction of sp³-hybridized carbons (Fsp3) is 0.889. The van der Waals surface area contributed by atoms with E-state index in [9.17, 15) is 30.3 Å². The molecule has 0 bridgehead atoms. The van der Waals surface area contributed by atoms with E-state index in [-0.39, 0.29) is 0 Å². The molecule has 0 aromatic heterocycles. The summed E-state index contributed by atoms with van der Waals surface area (Å²) in [6.45, 7) is 1.10. The molecule has 0 unspecified atom stereocenters. The van der Waals surface area contributed by atoms with Crippen LogP contribution < -0.4 is 0 Å². The summed E-state index contributed by atoms with van der Waals surface area (Å²) in [5, 5.41) is 74.4. The predicted octanol–water partition coefficient (Wildman–Crippen LogP) is -4.51. The van der Waals surface area contributed by atoms with Crippen LogP contribution in [-0.2, 0) is 9.90 Å². The van der Waals surface area contributed by atoms with E-state index in [0.717, 1.165) is 6.92 Å². The summed E-state index contributed by atoms with van der Waals surface area (Å²) in [6.07, 6.45) is -14.6. The summed E-state index contributed by atoms with van der Waals surface area (Å²) in [5.74, 6) is -2.08. The zero-order valence-electron chi connectivity index (χ0n) is 9.49. The lowest BCUT2D eigenvalue weighted by molar-refractivity contribution is -0.181. The summed E-state index contributed by atoms with van der Waals surface area (Å²) < 4.78 is 0. The number of rotatable bonds is 7. The summed E-state index contributed by atoms with van der Waals surface area (Å²) in [6, 6.07) is 0. The number of hydrogen-bond acceptors (Lipinski definition) is 8. The normalized spacial score (nSPS) is 23.6. The van der Waals surface area contributed by atoms with Crippen LogP contribution in [-0.4, -0.2) is 84.4 Å². The van der Waals surface area contributed by atoms with Gasteiger partial charge < -0.3 is 35.7 Å². The Hall–Kier alpha value is -0.810. The van der Waals surface area contributed by atoms with Gasteiger partial charge in [0.05, 0.1) is 6.10 Å². The monoisotopic (exact) mass is 269 g/mol. The molecule has 7 N–H and O–H groups in total. The fourth-order valence-electron chi connectivity index (χ4n) is 1.22. The molecular formula is C9H17O9. The molecule has 0 rings (SSSR count). The molecule has 107 valence electrons. The first kappa shape index (κ1) is 17.2. The largest absolute Gasteiger partial charge is 0.391 e. The first-order chi connectivity index (χ1) is 8.11. The highest BCUT2D eigenvalue weighted by molar-refractivity contribution is 5.72. The van der Waals surface area contributed by atoms with Gasteiger partial charge >= 0.3 is 5.97 Å². The minimum atomic E-state index is -2.48. The van der Waals surface area contributed by atoms with Gasteiger partial charge in [0.15, 0.2) is 6.10 Å². The molecule has 7 atom stereocenters. The molecule has 0 fully saturated rings. The lowest BCUT2D eigenvalue weighted by atomic mass is 9.95. The van der Waals surface area contributed by atoms with Crippen molar-refractivity contribution in [2.45, 2.75) is 49.7 Å². The first-order valence-electron chi connectivity index (χ1n) is 5.08. The van der Waals surface area contributed by atoms with Crippen LogP contribution >= 0.6 is 0 Å². The van der Waals surface area contributed by atoms with Crippen LogP contribution in [0, 0.1) is 0 Å². The molecule has 0 amide bonds. The zero-order valence-corrected chi connectivity index (χ0v) is 9.49. The van der Waals surface area contributed by atoms with Gasteiger partial charge in [0.2, 0.25) is 0 Å². The standard InChI is InChI=1S/C9H17O9/c1-2(10)3(11)4(12)5(13)6(14)7(15)8(16)9(17)18/h2-8,10-16H,1H3/t2-,3-,4-,5-,6-,7+,8-/m1/s1. The van der Waals surface area contributed by atoms with E-state index < -0.39 is 48.7 Å². The Labute approximate surface area is 102 Å². The molecule has 1 radical (unpaired) electrons. The van der Waals surface area contributed by atoms with Crippen molar-refractivity contribution in [3.05, 3.63) is 0 Å². The topological polar surface area (TPSA) is 179 Å². The van der Waals surface area contributed by atoms with Crippen LogP contribution in [0.25, 0.3) is 0 Å². The molecule has 9 heteroatoms. The van der Waals surface area contributed by atoms with Crippen LogP contribution in [0.1, 0.15) is 6.92 Å². The molecule has 0 spiro atoms. The highest BCUT2D eigenvalue weighted by Crippen LogP contribution is 2.13. The number of carbonyl (C=O) groups is 1. The molecule has 0 saturated carbocycles. The van der Waals surface area contributed by atoms with Gasteiger partial charge in [-0.2, -0.15) is 0 Å². The third-order valence-electron chi connectivity index (χ3n) is 2.46. The number of aliphatic hydroxyl groups excluding tert-OH is 7. The SMILES string of the molecule is C[C@@H](O)[C@@H](O)[C@@H](O)[C@@H](O)[C@@H](O)[C@H](O)[C@@H](O)C([O])=O. The van der Waals surface area contributed by atoms with Crippen LogP contribution in [0.2, 0.25) is 0 Å². The second kappa shape index (κ2) is 6.95. The smallest absolute Gasteiger partial charge is 0.386 e. The van der Waals surface area contributed by atoms with E-state index >= 15 is 0 Å². The van der Waals surface area contributed by atoms with Crippen molar-refractivity contribution in [3.63, 3.8) is 0 Å². The van der Waals surface area contributed by atoms with Crippen molar-refractivity contribution in [2.75, 3.05) is 0 Å². The Morgan fingerprint density at radius 2 is 1.06 bits per heavy atom. The summed E-state index contributed by atoms with van der Waals surface area (Å²) in [4.78, 5) is 10.2. The molecular weight excluding hydrogens is 252 g/mol. The first-order valence-corrected chi connectivity index (χ1v) is 5.08. The molecule has 0 aliphatic heterocycles. The summed E-state index contributed by atoms with van der Waals surface area (Å²) in [5.41, 5.74) is 0. The maximum atomic E-state index is 10.2. The maximum Gasteiger partial charge on any atom is 0.386 e. The van der Waals surface area contributed by atoms with Crippen molar-refractivity contribution < 1.29 is 45.6 Å². The number of carbonyl (C=O) groups excluding carboxylic acids is 1. The Kier molecular flexibility index (Phi) is 6.63. The van der Waals surface area contributed by atoms with E-state index in [1.165, 1.54) is 0 Å². The Morgan fingerprint density at radius 3 is 1.39 bits per heavy atom. The van der Waals surface area contributed by atoms with E-state index in [1.807, 2.05) is 0 Å². The van der Waals surface area contributed by atoms with E-state index in [1.54, 1.807) is 0 Å². The van der Waals surface area contributed by atoms with Crippen LogP contribution in [0.4, 0.5) is 0 Å². The van der Waals surface area contributed by atoms with E-state index in [4.69, 9.17) is 15.3 Å². The van der Waals surface area contributed by atoms with Crippen LogP contribution in [0.15, 0.2) is 0 Å². The van der Waals surface area contributed by atoms with Crippen molar-refractivity contribution in [3.8, 4) is 0 Å².